The van der Waals surface area contributed by atoms with Gasteiger partial charge in [-0.1, -0.05) is 12.1 Å². The van der Waals surface area contributed by atoms with Gasteiger partial charge < -0.3 is 19.4 Å². The molecule has 0 aliphatic carbocycles. The summed E-state index contributed by atoms with van der Waals surface area (Å²) in [7, 11) is 0. The molecule has 2 aliphatic rings. The van der Waals surface area contributed by atoms with Crippen LogP contribution in [-0.4, -0.2) is 66.4 Å². The molecule has 0 N–H and O–H groups in total. The van der Waals surface area contributed by atoms with E-state index in [4.69, 9.17) is 0 Å². The first kappa shape index (κ1) is 21.2. The molecule has 166 valence electrons. The van der Waals surface area contributed by atoms with E-state index in [1.807, 2.05) is 13.0 Å². The molecule has 1 amide bonds. The van der Waals surface area contributed by atoms with Gasteiger partial charge >= 0.3 is 6.36 Å². The zero-order chi connectivity index (χ0) is 22.0. The summed E-state index contributed by atoms with van der Waals surface area (Å²) in [6.07, 6.45) is -2.55. The number of benzene rings is 1. The van der Waals surface area contributed by atoms with Gasteiger partial charge in [0.15, 0.2) is 0 Å². The van der Waals surface area contributed by atoms with Gasteiger partial charge in [0, 0.05) is 45.3 Å². The molecule has 0 unspecified atom stereocenters. The topological polar surface area (TPSA) is 61.8 Å². The SMILES string of the molecule is Cc1nc(N2CCCC2)cc(N2CCN(C(=O)c3ccccc3OC(F)(F)F)CC2)n1. The molecule has 0 spiro atoms. The number of rotatable bonds is 4. The van der Waals surface area contributed by atoms with Gasteiger partial charge in [0.05, 0.1) is 5.56 Å². The van der Waals surface area contributed by atoms with E-state index < -0.39 is 18.0 Å². The van der Waals surface area contributed by atoms with Crippen molar-refractivity contribution in [2.75, 3.05) is 49.1 Å². The predicted octanol–water partition coefficient (Wildman–Crippen LogP) is 3.25. The van der Waals surface area contributed by atoms with Gasteiger partial charge in [-0.3, -0.25) is 4.79 Å². The maximum absolute atomic E-state index is 12.9. The molecular formula is C21H24F3N5O2. The van der Waals surface area contributed by atoms with Crippen molar-refractivity contribution in [2.45, 2.75) is 26.1 Å². The highest BCUT2D eigenvalue weighted by molar-refractivity contribution is 5.97. The minimum Gasteiger partial charge on any atom is -0.405 e. The number of para-hydroxylation sites is 1. The van der Waals surface area contributed by atoms with Crippen LogP contribution in [0.4, 0.5) is 24.8 Å². The molecule has 10 heteroatoms. The van der Waals surface area contributed by atoms with E-state index in [0.717, 1.165) is 43.6 Å². The summed E-state index contributed by atoms with van der Waals surface area (Å²) in [6, 6.07) is 7.41. The minimum absolute atomic E-state index is 0.0949. The number of aryl methyl sites for hydroxylation is 1. The number of amides is 1. The van der Waals surface area contributed by atoms with Crippen LogP contribution < -0.4 is 14.5 Å². The minimum atomic E-state index is -4.85. The van der Waals surface area contributed by atoms with Crippen LogP contribution in [0, 0.1) is 6.92 Å². The van der Waals surface area contributed by atoms with Crippen molar-refractivity contribution in [3.63, 3.8) is 0 Å². The van der Waals surface area contributed by atoms with Gasteiger partial charge in [-0.2, -0.15) is 0 Å². The number of hydrogen-bond donors (Lipinski definition) is 0. The van der Waals surface area contributed by atoms with Crippen LogP contribution in [0.3, 0.4) is 0 Å². The van der Waals surface area contributed by atoms with Crippen LogP contribution in [0.25, 0.3) is 0 Å². The Bertz CT molecular complexity index is 939. The lowest BCUT2D eigenvalue weighted by Gasteiger charge is -2.36. The Kier molecular flexibility index (Phi) is 5.88. The number of carbonyl (C=O) groups excluding carboxylic acids is 1. The van der Waals surface area contributed by atoms with Gasteiger partial charge in [0.2, 0.25) is 0 Å². The van der Waals surface area contributed by atoms with E-state index in [1.165, 1.54) is 18.2 Å². The summed E-state index contributed by atoms with van der Waals surface area (Å²) in [4.78, 5) is 27.8. The number of halogens is 3. The van der Waals surface area contributed by atoms with Gasteiger partial charge in [-0.25, -0.2) is 9.97 Å². The lowest BCUT2D eigenvalue weighted by molar-refractivity contribution is -0.274. The zero-order valence-corrected chi connectivity index (χ0v) is 17.2. The van der Waals surface area contributed by atoms with Crippen LogP contribution in [-0.2, 0) is 0 Å². The van der Waals surface area contributed by atoms with E-state index in [2.05, 4.69) is 24.5 Å². The zero-order valence-electron chi connectivity index (χ0n) is 17.2. The molecule has 0 saturated carbocycles. The second-order valence-corrected chi connectivity index (χ2v) is 7.65. The standard InChI is InChI=1S/C21H24F3N5O2/c1-15-25-18(27-8-4-5-9-27)14-19(26-15)28-10-12-29(13-11-28)20(30)16-6-2-3-7-17(16)31-21(22,23)24/h2-3,6-7,14H,4-5,8-13H2,1H3. The molecule has 7 nitrogen and oxygen atoms in total. The van der Waals surface area contributed by atoms with Gasteiger partial charge in [0.25, 0.3) is 5.91 Å². The Morgan fingerprint density at radius 3 is 2.13 bits per heavy atom. The summed E-state index contributed by atoms with van der Waals surface area (Å²) in [5.41, 5.74) is -0.0949. The second kappa shape index (κ2) is 8.60. The van der Waals surface area contributed by atoms with E-state index in [1.54, 1.807) is 4.90 Å². The molecule has 0 atom stereocenters. The largest absolute Gasteiger partial charge is 0.573 e. The molecule has 2 fully saturated rings. The highest BCUT2D eigenvalue weighted by Gasteiger charge is 2.34. The molecule has 2 saturated heterocycles. The molecule has 1 aromatic carbocycles. The molecule has 1 aromatic heterocycles. The van der Waals surface area contributed by atoms with Crippen LogP contribution in [0.2, 0.25) is 0 Å². The lowest BCUT2D eigenvalue weighted by atomic mass is 10.1. The summed E-state index contributed by atoms with van der Waals surface area (Å²) in [5.74, 6) is 1.45. The molecule has 4 rings (SSSR count). The Morgan fingerprint density at radius 1 is 0.935 bits per heavy atom. The summed E-state index contributed by atoms with van der Waals surface area (Å²) in [6.45, 7) is 5.64. The highest BCUT2D eigenvalue weighted by Crippen LogP contribution is 2.28. The number of hydrogen-bond acceptors (Lipinski definition) is 6. The first-order valence-corrected chi connectivity index (χ1v) is 10.3. The summed E-state index contributed by atoms with van der Waals surface area (Å²) < 4.78 is 42.1. The van der Waals surface area contributed by atoms with Gasteiger partial charge in [-0.05, 0) is 31.9 Å². The maximum atomic E-state index is 12.9. The Hall–Kier alpha value is -3.04. The predicted molar refractivity (Wildman–Crippen MR) is 109 cm³/mol. The van der Waals surface area contributed by atoms with Crippen LogP contribution >= 0.6 is 0 Å². The summed E-state index contributed by atoms with van der Waals surface area (Å²) >= 11 is 0. The van der Waals surface area contributed by atoms with E-state index in [0.29, 0.717) is 32.0 Å². The average molecular weight is 435 g/mol. The smallest absolute Gasteiger partial charge is 0.405 e. The van der Waals surface area contributed by atoms with Crippen LogP contribution in [0.15, 0.2) is 30.3 Å². The molecule has 2 aliphatic heterocycles. The fourth-order valence-corrected chi connectivity index (χ4v) is 3.97. The lowest BCUT2D eigenvalue weighted by Crippen LogP contribution is -2.49. The Labute approximate surface area is 178 Å². The maximum Gasteiger partial charge on any atom is 0.573 e. The average Bonchev–Trinajstić information content (AvgIpc) is 3.27. The second-order valence-electron chi connectivity index (χ2n) is 7.65. The van der Waals surface area contributed by atoms with Crippen molar-refractivity contribution < 1.29 is 22.7 Å². The molecule has 2 aromatic rings. The number of aromatic nitrogens is 2. The monoisotopic (exact) mass is 435 g/mol. The Balaban J connectivity index is 1.44. The number of alkyl halides is 3. The normalized spacial score (nSPS) is 17.2. The van der Waals surface area contributed by atoms with Crippen molar-refractivity contribution in [1.82, 2.24) is 14.9 Å². The third-order valence-corrected chi connectivity index (χ3v) is 5.47. The quantitative estimate of drug-likeness (QED) is 0.735. The molecule has 31 heavy (non-hydrogen) atoms. The van der Waals surface area contributed by atoms with Crippen molar-refractivity contribution in [3.8, 4) is 5.75 Å². The Morgan fingerprint density at radius 2 is 1.52 bits per heavy atom. The molecule has 0 bridgehead atoms. The van der Waals surface area contributed by atoms with Gasteiger partial charge in [0.1, 0.15) is 23.2 Å². The number of anilines is 2. The first-order chi connectivity index (χ1) is 14.8. The number of piperazine rings is 1. The summed E-state index contributed by atoms with van der Waals surface area (Å²) in [5, 5.41) is 0. The number of nitrogens with zero attached hydrogens (tertiary/aromatic N) is 5. The third kappa shape index (κ3) is 5.00. The highest BCUT2D eigenvalue weighted by atomic mass is 19.4. The van der Waals surface area contributed by atoms with E-state index in [-0.39, 0.29) is 5.56 Å². The number of ether oxygens (including phenoxy) is 1. The van der Waals surface area contributed by atoms with Crippen molar-refractivity contribution in [2.24, 2.45) is 0 Å². The van der Waals surface area contributed by atoms with E-state index in [9.17, 15) is 18.0 Å². The molecular weight excluding hydrogens is 411 g/mol. The van der Waals surface area contributed by atoms with Crippen LogP contribution in [0.1, 0.15) is 29.0 Å². The third-order valence-electron chi connectivity index (χ3n) is 5.47. The first-order valence-electron chi connectivity index (χ1n) is 10.3. The fraction of sp³-hybridized carbons (Fsp3) is 0.476. The van der Waals surface area contributed by atoms with Crippen molar-refractivity contribution >= 4 is 17.5 Å². The van der Waals surface area contributed by atoms with Gasteiger partial charge in [-0.15, -0.1) is 13.2 Å². The molecule has 3 heterocycles. The molecule has 0 radical (unpaired) electrons. The van der Waals surface area contributed by atoms with E-state index >= 15 is 0 Å². The van der Waals surface area contributed by atoms with Crippen LogP contribution in [0.5, 0.6) is 5.75 Å². The fourth-order valence-electron chi connectivity index (χ4n) is 3.97. The number of carbonyl (C=O) groups is 1. The van der Waals surface area contributed by atoms with Crippen molar-refractivity contribution in [1.29, 1.82) is 0 Å². The van der Waals surface area contributed by atoms with Crippen molar-refractivity contribution in [3.05, 3.63) is 41.7 Å².